The molecular weight excluding hydrogens is 212 g/mol. The van der Waals surface area contributed by atoms with Crippen LogP contribution in [0.3, 0.4) is 0 Å². The van der Waals surface area contributed by atoms with Crippen molar-refractivity contribution in [3.63, 3.8) is 0 Å². The van der Waals surface area contributed by atoms with Gasteiger partial charge in [-0.2, -0.15) is 0 Å². The molecular formula is C15H22O2. The van der Waals surface area contributed by atoms with E-state index < -0.39 is 5.97 Å². The molecule has 0 bridgehead atoms. The maximum Gasteiger partial charge on any atom is 0.331 e. The molecule has 0 aromatic heterocycles. The first-order valence-corrected chi connectivity index (χ1v) is 6.53. The number of allylic oxidation sites excluding steroid dienone is 2. The topological polar surface area (TPSA) is 37.3 Å². The van der Waals surface area contributed by atoms with Crippen molar-refractivity contribution in [2.24, 2.45) is 17.3 Å². The summed E-state index contributed by atoms with van der Waals surface area (Å²) >= 11 is 0. The fourth-order valence-corrected chi connectivity index (χ4v) is 3.59. The lowest BCUT2D eigenvalue weighted by Gasteiger charge is -2.48. The Labute approximate surface area is 103 Å². The van der Waals surface area contributed by atoms with E-state index in [9.17, 15) is 4.79 Å². The van der Waals surface area contributed by atoms with Gasteiger partial charge < -0.3 is 5.11 Å². The van der Waals surface area contributed by atoms with Crippen molar-refractivity contribution in [2.45, 2.75) is 46.0 Å². The van der Waals surface area contributed by atoms with Crippen molar-refractivity contribution in [3.05, 3.63) is 23.8 Å². The smallest absolute Gasteiger partial charge is 0.331 e. The van der Waals surface area contributed by atoms with E-state index in [0.29, 0.717) is 16.9 Å². The van der Waals surface area contributed by atoms with Gasteiger partial charge in [0.15, 0.2) is 0 Å². The van der Waals surface area contributed by atoms with Gasteiger partial charge in [-0.05, 0) is 49.9 Å². The van der Waals surface area contributed by atoms with Gasteiger partial charge >= 0.3 is 5.97 Å². The van der Waals surface area contributed by atoms with E-state index in [4.69, 9.17) is 5.11 Å². The second-order valence-corrected chi connectivity index (χ2v) is 6.02. The number of aliphatic carboxylic acids is 1. The molecule has 1 N–H and O–H groups in total. The van der Waals surface area contributed by atoms with E-state index in [1.807, 2.05) is 0 Å². The Hall–Kier alpha value is -1.05. The predicted octanol–water partition coefficient (Wildman–Crippen LogP) is 3.79. The molecule has 0 radical (unpaired) electrons. The van der Waals surface area contributed by atoms with Gasteiger partial charge in [-0.25, -0.2) is 4.79 Å². The van der Waals surface area contributed by atoms with Crippen LogP contribution in [-0.4, -0.2) is 11.1 Å². The van der Waals surface area contributed by atoms with Crippen LogP contribution in [0, 0.1) is 17.3 Å². The zero-order valence-electron chi connectivity index (χ0n) is 10.8. The van der Waals surface area contributed by atoms with Gasteiger partial charge in [-0.15, -0.1) is 0 Å². The second-order valence-electron chi connectivity index (χ2n) is 6.02. The minimum atomic E-state index is -0.823. The van der Waals surface area contributed by atoms with E-state index in [-0.39, 0.29) is 5.92 Å². The zero-order chi connectivity index (χ0) is 12.6. The Morgan fingerprint density at radius 2 is 2.24 bits per heavy atom. The lowest BCUT2D eigenvalue weighted by Crippen LogP contribution is -2.39. The highest BCUT2D eigenvalue weighted by Crippen LogP contribution is 2.52. The van der Waals surface area contributed by atoms with Crippen LogP contribution in [0.25, 0.3) is 0 Å². The molecule has 2 rings (SSSR count). The SMILES string of the molecule is C=C(C(=O)O)C1CCC[C@]2(C)CCC(C)=C[C@H]12. The Morgan fingerprint density at radius 3 is 2.88 bits per heavy atom. The average Bonchev–Trinajstić information content (AvgIpc) is 2.28. The maximum atomic E-state index is 11.1. The Kier molecular flexibility index (Phi) is 3.15. The summed E-state index contributed by atoms with van der Waals surface area (Å²) in [5.41, 5.74) is 2.12. The zero-order valence-corrected chi connectivity index (χ0v) is 10.8. The molecule has 0 spiro atoms. The summed E-state index contributed by atoms with van der Waals surface area (Å²) in [5, 5.41) is 9.15. The Balaban J connectivity index is 2.31. The summed E-state index contributed by atoms with van der Waals surface area (Å²) in [5.74, 6) is -0.300. The molecule has 0 heterocycles. The molecule has 3 atom stereocenters. The molecule has 0 aromatic rings. The fraction of sp³-hybridized carbons (Fsp3) is 0.667. The lowest BCUT2D eigenvalue weighted by atomic mass is 9.57. The largest absolute Gasteiger partial charge is 0.478 e. The number of carboxylic acid groups (broad SMARTS) is 1. The van der Waals surface area contributed by atoms with Gasteiger partial charge in [0.25, 0.3) is 0 Å². The van der Waals surface area contributed by atoms with E-state index in [1.54, 1.807) is 0 Å². The fourth-order valence-electron chi connectivity index (χ4n) is 3.59. The number of hydrogen-bond donors (Lipinski definition) is 1. The van der Waals surface area contributed by atoms with Crippen molar-refractivity contribution >= 4 is 5.97 Å². The summed E-state index contributed by atoms with van der Waals surface area (Å²) in [4.78, 5) is 11.1. The van der Waals surface area contributed by atoms with E-state index >= 15 is 0 Å². The van der Waals surface area contributed by atoms with Gasteiger partial charge in [-0.1, -0.05) is 31.6 Å². The van der Waals surface area contributed by atoms with Crippen LogP contribution in [0.5, 0.6) is 0 Å². The summed E-state index contributed by atoms with van der Waals surface area (Å²) in [6.07, 6.45) is 8.03. The number of hydrogen-bond acceptors (Lipinski definition) is 1. The van der Waals surface area contributed by atoms with Gasteiger partial charge in [0.05, 0.1) is 0 Å². The van der Waals surface area contributed by atoms with E-state index in [2.05, 4.69) is 26.5 Å². The average molecular weight is 234 g/mol. The van der Waals surface area contributed by atoms with Crippen LogP contribution >= 0.6 is 0 Å². The number of carbonyl (C=O) groups is 1. The highest BCUT2D eigenvalue weighted by atomic mass is 16.4. The first kappa shape index (κ1) is 12.4. The summed E-state index contributed by atoms with van der Waals surface area (Å²) in [7, 11) is 0. The number of fused-ring (bicyclic) bond motifs is 1. The van der Waals surface area contributed by atoms with Crippen molar-refractivity contribution in [1.82, 2.24) is 0 Å². The third kappa shape index (κ3) is 2.18. The van der Waals surface area contributed by atoms with Crippen molar-refractivity contribution in [2.75, 3.05) is 0 Å². The van der Waals surface area contributed by atoms with Crippen LogP contribution < -0.4 is 0 Å². The highest BCUT2D eigenvalue weighted by Gasteiger charge is 2.44. The van der Waals surface area contributed by atoms with Crippen LogP contribution in [0.2, 0.25) is 0 Å². The third-order valence-corrected chi connectivity index (χ3v) is 4.78. The molecule has 2 aliphatic carbocycles. The van der Waals surface area contributed by atoms with E-state index in [1.165, 1.54) is 24.8 Å². The molecule has 94 valence electrons. The minimum absolute atomic E-state index is 0.140. The molecule has 17 heavy (non-hydrogen) atoms. The first-order chi connectivity index (χ1) is 7.94. The molecule has 2 heteroatoms. The number of carboxylic acids is 1. The standard InChI is InChI=1S/C15H22O2/c1-10-6-8-15(3)7-4-5-12(13(15)9-10)11(2)14(16)17/h9,12-13H,2,4-8H2,1,3H3,(H,16,17)/t12?,13-,15-/m1/s1. The minimum Gasteiger partial charge on any atom is -0.478 e. The molecule has 2 aliphatic rings. The first-order valence-electron chi connectivity index (χ1n) is 6.53. The van der Waals surface area contributed by atoms with Crippen molar-refractivity contribution in [1.29, 1.82) is 0 Å². The summed E-state index contributed by atoms with van der Waals surface area (Å²) in [6.45, 7) is 8.28. The Morgan fingerprint density at radius 1 is 1.53 bits per heavy atom. The van der Waals surface area contributed by atoms with Crippen LogP contribution in [0.1, 0.15) is 46.0 Å². The van der Waals surface area contributed by atoms with Crippen LogP contribution in [-0.2, 0) is 4.79 Å². The Bertz CT molecular complexity index is 380. The molecule has 1 fully saturated rings. The van der Waals surface area contributed by atoms with Crippen LogP contribution in [0.4, 0.5) is 0 Å². The van der Waals surface area contributed by atoms with Crippen LogP contribution in [0.15, 0.2) is 23.8 Å². The quantitative estimate of drug-likeness (QED) is 0.583. The van der Waals surface area contributed by atoms with Crippen molar-refractivity contribution in [3.8, 4) is 0 Å². The predicted molar refractivity (Wildman–Crippen MR) is 68.7 cm³/mol. The van der Waals surface area contributed by atoms with Gasteiger partial charge in [0.2, 0.25) is 0 Å². The maximum absolute atomic E-state index is 11.1. The molecule has 0 aliphatic heterocycles. The normalized spacial score (nSPS) is 36.9. The summed E-state index contributed by atoms with van der Waals surface area (Å²) < 4.78 is 0. The molecule has 0 aromatic carbocycles. The van der Waals surface area contributed by atoms with Gasteiger partial charge in [0.1, 0.15) is 0 Å². The summed E-state index contributed by atoms with van der Waals surface area (Å²) in [6, 6.07) is 0. The third-order valence-electron chi connectivity index (χ3n) is 4.78. The molecule has 1 saturated carbocycles. The van der Waals surface area contributed by atoms with Gasteiger partial charge in [-0.3, -0.25) is 0 Å². The monoisotopic (exact) mass is 234 g/mol. The van der Waals surface area contributed by atoms with E-state index in [0.717, 1.165) is 12.8 Å². The molecule has 0 amide bonds. The second kappa shape index (κ2) is 4.32. The molecule has 0 saturated heterocycles. The number of rotatable bonds is 2. The lowest BCUT2D eigenvalue weighted by molar-refractivity contribution is -0.133. The van der Waals surface area contributed by atoms with Gasteiger partial charge in [0, 0.05) is 5.57 Å². The molecule has 1 unspecified atom stereocenters. The highest BCUT2D eigenvalue weighted by molar-refractivity contribution is 5.86. The molecule has 2 nitrogen and oxygen atoms in total. The van der Waals surface area contributed by atoms with Crippen molar-refractivity contribution < 1.29 is 9.90 Å².